The van der Waals surface area contributed by atoms with E-state index in [1.807, 2.05) is 0 Å². The number of urea groups is 1. The van der Waals surface area contributed by atoms with E-state index >= 15 is 0 Å². The second kappa shape index (κ2) is 7.95. The molecule has 0 heterocycles. The summed E-state index contributed by atoms with van der Waals surface area (Å²) in [5, 5.41) is 22.4. The number of nitrogens with one attached hydrogen (secondary N) is 2. The van der Waals surface area contributed by atoms with Crippen molar-refractivity contribution in [1.82, 2.24) is 5.32 Å². The number of aliphatic hydroxyl groups is 1. The van der Waals surface area contributed by atoms with E-state index in [0.29, 0.717) is 17.2 Å². The number of hydrogen-bond acceptors (Lipinski definition) is 5. The number of aliphatic hydroxyl groups excluding tert-OH is 1. The average molecular weight is 298 g/mol. The molecule has 0 bridgehead atoms. The van der Waals surface area contributed by atoms with Crippen LogP contribution >= 0.6 is 0 Å². The van der Waals surface area contributed by atoms with Gasteiger partial charge in [0.15, 0.2) is 0 Å². The zero-order chi connectivity index (χ0) is 15.8. The van der Waals surface area contributed by atoms with Gasteiger partial charge in [0.25, 0.3) is 0 Å². The Kier molecular flexibility index (Phi) is 6.28. The lowest BCUT2D eigenvalue weighted by molar-refractivity contribution is -0.139. The molecule has 116 valence electrons. The highest BCUT2D eigenvalue weighted by Gasteiger charge is 2.19. The summed E-state index contributed by atoms with van der Waals surface area (Å²) in [5.41, 5.74) is 0.365. The van der Waals surface area contributed by atoms with Crippen LogP contribution in [0.1, 0.15) is 6.42 Å². The topological polar surface area (TPSA) is 117 Å². The van der Waals surface area contributed by atoms with Crippen LogP contribution in [-0.4, -0.2) is 49.1 Å². The first-order valence-electron chi connectivity index (χ1n) is 6.15. The van der Waals surface area contributed by atoms with E-state index in [2.05, 4.69) is 10.6 Å². The summed E-state index contributed by atoms with van der Waals surface area (Å²) in [5.74, 6) is -0.291. The molecule has 0 saturated carbocycles. The molecule has 0 fully saturated rings. The average Bonchev–Trinajstić information content (AvgIpc) is 2.47. The SMILES string of the molecule is COc1ccc(NC(=O)N[C@H](CCO)C(=O)O)c(OC)c1. The Hall–Kier alpha value is -2.48. The minimum absolute atomic E-state index is 0.0809. The Morgan fingerprint density at radius 2 is 2.00 bits per heavy atom. The third kappa shape index (κ3) is 4.84. The number of aliphatic carboxylic acids is 1. The quantitative estimate of drug-likeness (QED) is 0.587. The maximum atomic E-state index is 11.8. The molecule has 0 saturated heterocycles. The van der Waals surface area contributed by atoms with Crippen molar-refractivity contribution < 1.29 is 29.3 Å². The predicted octanol–water partition coefficient (Wildman–Crippen LogP) is 0.661. The number of ether oxygens (including phenoxy) is 2. The Morgan fingerprint density at radius 3 is 2.52 bits per heavy atom. The summed E-state index contributed by atoms with van der Waals surface area (Å²) < 4.78 is 10.1. The lowest BCUT2D eigenvalue weighted by atomic mass is 10.2. The van der Waals surface area contributed by atoms with Crippen molar-refractivity contribution in [3.05, 3.63) is 18.2 Å². The van der Waals surface area contributed by atoms with Gasteiger partial charge in [0.1, 0.15) is 17.5 Å². The van der Waals surface area contributed by atoms with Gasteiger partial charge < -0.3 is 30.3 Å². The first-order chi connectivity index (χ1) is 10.0. The molecule has 0 aromatic heterocycles. The van der Waals surface area contributed by atoms with Crippen molar-refractivity contribution in [3.63, 3.8) is 0 Å². The highest BCUT2D eigenvalue weighted by atomic mass is 16.5. The molecule has 1 rings (SSSR count). The molecule has 0 radical (unpaired) electrons. The standard InChI is InChI=1S/C13H18N2O6/c1-20-8-3-4-9(11(7-8)21-2)14-13(19)15-10(5-6-16)12(17)18/h3-4,7,10,16H,5-6H2,1-2H3,(H,17,18)(H2,14,15,19)/t10-/m1/s1. The van der Waals surface area contributed by atoms with Crippen LogP contribution in [0.25, 0.3) is 0 Å². The molecule has 21 heavy (non-hydrogen) atoms. The summed E-state index contributed by atoms with van der Waals surface area (Å²) in [6, 6.07) is 2.90. The van der Waals surface area contributed by atoms with E-state index in [1.165, 1.54) is 14.2 Å². The van der Waals surface area contributed by atoms with Gasteiger partial charge in [-0.25, -0.2) is 9.59 Å². The molecule has 1 aromatic carbocycles. The summed E-state index contributed by atoms with van der Waals surface area (Å²) in [7, 11) is 2.94. The monoisotopic (exact) mass is 298 g/mol. The number of benzene rings is 1. The highest BCUT2D eigenvalue weighted by molar-refractivity contribution is 5.93. The van der Waals surface area contributed by atoms with Crippen LogP contribution in [0.4, 0.5) is 10.5 Å². The first-order valence-corrected chi connectivity index (χ1v) is 6.15. The van der Waals surface area contributed by atoms with Gasteiger partial charge in [-0.05, 0) is 12.1 Å². The van der Waals surface area contributed by atoms with Gasteiger partial charge in [-0.1, -0.05) is 0 Å². The minimum atomic E-state index is -1.22. The van der Waals surface area contributed by atoms with Crippen molar-refractivity contribution in [3.8, 4) is 11.5 Å². The van der Waals surface area contributed by atoms with Crippen LogP contribution in [0.5, 0.6) is 11.5 Å². The largest absolute Gasteiger partial charge is 0.497 e. The molecule has 0 spiro atoms. The van der Waals surface area contributed by atoms with E-state index in [-0.39, 0.29) is 13.0 Å². The molecule has 1 atom stereocenters. The van der Waals surface area contributed by atoms with Crippen LogP contribution in [0, 0.1) is 0 Å². The summed E-state index contributed by atoms with van der Waals surface area (Å²) in [6.45, 7) is -0.344. The summed E-state index contributed by atoms with van der Waals surface area (Å²) in [6.07, 6.45) is -0.0809. The fraction of sp³-hybridized carbons (Fsp3) is 0.385. The number of carbonyl (C=O) groups is 2. The lowest BCUT2D eigenvalue weighted by Gasteiger charge is -2.15. The molecule has 8 nitrogen and oxygen atoms in total. The van der Waals surface area contributed by atoms with Gasteiger partial charge in [0.2, 0.25) is 0 Å². The van der Waals surface area contributed by atoms with Crippen LogP contribution in [0.2, 0.25) is 0 Å². The molecular weight excluding hydrogens is 280 g/mol. The Bertz CT molecular complexity index is 505. The van der Waals surface area contributed by atoms with E-state index in [0.717, 1.165) is 0 Å². The number of amides is 2. The van der Waals surface area contributed by atoms with Crippen LogP contribution in [-0.2, 0) is 4.79 Å². The summed E-state index contributed by atoms with van der Waals surface area (Å²) >= 11 is 0. The number of anilines is 1. The first kappa shape index (κ1) is 16.6. The fourth-order valence-corrected chi connectivity index (χ4v) is 1.60. The fourth-order valence-electron chi connectivity index (χ4n) is 1.60. The minimum Gasteiger partial charge on any atom is -0.497 e. The van der Waals surface area contributed by atoms with Gasteiger partial charge in [-0.2, -0.15) is 0 Å². The number of rotatable bonds is 7. The van der Waals surface area contributed by atoms with Crippen LogP contribution in [0.15, 0.2) is 18.2 Å². The maximum absolute atomic E-state index is 11.8. The number of methoxy groups -OCH3 is 2. The predicted molar refractivity (Wildman–Crippen MR) is 74.8 cm³/mol. The van der Waals surface area contributed by atoms with Crippen molar-refractivity contribution >= 4 is 17.7 Å². The smallest absolute Gasteiger partial charge is 0.326 e. The molecule has 4 N–H and O–H groups in total. The normalized spacial score (nSPS) is 11.4. The Balaban J connectivity index is 2.76. The number of carbonyl (C=O) groups excluding carboxylic acids is 1. The van der Waals surface area contributed by atoms with E-state index < -0.39 is 18.0 Å². The molecule has 8 heteroatoms. The highest BCUT2D eigenvalue weighted by Crippen LogP contribution is 2.28. The van der Waals surface area contributed by atoms with Gasteiger partial charge in [-0.3, -0.25) is 0 Å². The van der Waals surface area contributed by atoms with E-state index in [4.69, 9.17) is 19.7 Å². The van der Waals surface area contributed by atoms with E-state index in [9.17, 15) is 9.59 Å². The van der Waals surface area contributed by atoms with Gasteiger partial charge in [0, 0.05) is 19.1 Å². The zero-order valence-electron chi connectivity index (χ0n) is 11.8. The molecule has 0 aliphatic heterocycles. The second-order valence-corrected chi connectivity index (χ2v) is 4.07. The van der Waals surface area contributed by atoms with Gasteiger partial charge in [0.05, 0.1) is 19.9 Å². The van der Waals surface area contributed by atoms with Crippen LogP contribution in [0.3, 0.4) is 0 Å². The van der Waals surface area contributed by atoms with Crippen LogP contribution < -0.4 is 20.1 Å². The number of carboxylic acid groups (broad SMARTS) is 1. The van der Waals surface area contributed by atoms with Crippen molar-refractivity contribution in [2.45, 2.75) is 12.5 Å². The third-order valence-electron chi connectivity index (χ3n) is 2.68. The molecule has 0 aliphatic rings. The molecule has 0 aliphatic carbocycles. The van der Waals surface area contributed by atoms with Crippen molar-refractivity contribution in [2.75, 3.05) is 26.1 Å². The van der Waals surface area contributed by atoms with E-state index in [1.54, 1.807) is 18.2 Å². The molecule has 2 amide bonds. The zero-order valence-corrected chi connectivity index (χ0v) is 11.8. The Labute approximate surface area is 121 Å². The summed E-state index contributed by atoms with van der Waals surface area (Å²) in [4.78, 5) is 22.7. The van der Waals surface area contributed by atoms with Crippen molar-refractivity contribution in [2.24, 2.45) is 0 Å². The maximum Gasteiger partial charge on any atom is 0.326 e. The van der Waals surface area contributed by atoms with Gasteiger partial charge in [-0.15, -0.1) is 0 Å². The lowest BCUT2D eigenvalue weighted by Crippen LogP contribution is -2.43. The number of hydrogen-bond donors (Lipinski definition) is 4. The van der Waals surface area contributed by atoms with Crippen molar-refractivity contribution in [1.29, 1.82) is 0 Å². The molecular formula is C13H18N2O6. The molecule has 0 unspecified atom stereocenters. The third-order valence-corrected chi connectivity index (χ3v) is 2.68. The number of carboxylic acids is 1. The van der Waals surface area contributed by atoms with Gasteiger partial charge >= 0.3 is 12.0 Å². The second-order valence-electron chi connectivity index (χ2n) is 4.07. The Morgan fingerprint density at radius 1 is 1.29 bits per heavy atom. The molecule has 1 aromatic rings.